The van der Waals surface area contributed by atoms with E-state index in [1.165, 1.54) is 17.8 Å². The molecule has 1 heterocycles. The summed E-state index contributed by atoms with van der Waals surface area (Å²) in [5, 5.41) is 0. The average Bonchev–Trinajstić information content (AvgIpc) is 2.26. The molecule has 0 atom stereocenters. The van der Waals surface area contributed by atoms with Crippen molar-refractivity contribution in [3.05, 3.63) is 16.2 Å². The van der Waals surface area contributed by atoms with Gasteiger partial charge in [-0.25, -0.2) is 0 Å². The molecule has 0 unspecified atom stereocenters. The molecule has 12 heavy (non-hydrogen) atoms. The molecular formula is C9H14N2S. The van der Waals surface area contributed by atoms with E-state index in [4.69, 9.17) is 12.2 Å². The predicted octanol–water partition coefficient (Wildman–Crippen LogP) is 2.59. The largest absolute Gasteiger partial charge is 0.334 e. The van der Waals surface area contributed by atoms with Crippen molar-refractivity contribution in [1.82, 2.24) is 9.97 Å². The van der Waals surface area contributed by atoms with Gasteiger partial charge in [-0.2, -0.15) is 0 Å². The Labute approximate surface area is 77.4 Å². The average molecular weight is 182 g/mol. The Morgan fingerprint density at radius 3 is 2.67 bits per heavy atom. The zero-order valence-corrected chi connectivity index (χ0v) is 8.35. The van der Waals surface area contributed by atoms with E-state index in [-0.39, 0.29) is 0 Å². The first-order chi connectivity index (χ1) is 5.57. The molecule has 1 aliphatic carbocycles. The van der Waals surface area contributed by atoms with Gasteiger partial charge in [-0.15, -0.1) is 0 Å². The van der Waals surface area contributed by atoms with Crippen molar-refractivity contribution in [2.24, 2.45) is 5.41 Å². The fraction of sp³-hybridized carbons (Fsp3) is 0.667. The summed E-state index contributed by atoms with van der Waals surface area (Å²) < 4.78 is 0.776. The van der Waals surface area contributed by atoms with E-state index in [9.17, 15) is 0 Å². The Kier molecular flexibility index (Phi) is 1.65. The second kappa shape index (κ2) is 2.46. The standard InChI is InChI=1S/C9H14N2S/c1-9(2)4-3-6-7(5-9)11-8(12)10-6/h3-5H2,1-2H3,(H2,10,11,12). The first-order valence-electron chi connectivity index (χ1n) is 4.37. The number of hydrogen-bond donors (Lipinski definition) is 2. The minimum absolute atomic E-state index is 0.438. The lowest BCUT2D eigenvalue weighted by Gasteiger charge is -2.28. The normalized spacial score (nSPS) is 20.5. The maximum Gasteiger partial charge on any atom is 0.174 e. The zero-order valence-electron chi connectivity index (χ0n) is 7.53. The van der Waals surface area contributed by atoms with E-state index in [2.05, 4.69) is 23.8 Å². The van der Waals surface area contributed by atoms with Crippen molar-refractivity contribution in [3.8, 4) is 0 Å². The summed E-state index contributed by atoms with van der Waals surface area (Å²) >= 11 is 5.04. The van der Waals surface area contributed by atoms with Gasteiger partial charge < -0.3 is 9.97 Å². The van der Waals surface area contributed by atoms with Gasteiger partial charge in [-0.3, -0.25) is 0 Å². The highest BCUT2D eigenvalue weighted by atomic mass is 32.1. The first kappa shape index (κ1) is 8.05. The second-order valence-corrected chi connectivity index (χ2v) is 4.79. The second-order valence-electron chi connectivity index (χ2n) is 4.38. The summed E-state index contributed by atoms with van der Waals surface area (Å²) in [6.07, 6.45) is 3.51. The molecule has 0 spiro atoms. The highest BCUT2D eigenvalue weighted by Gasteiger charge is 2.26. The van der Waals surface area contributed by atoms with Crippen LogP contribution in [0.25, 0.3) is 0 Å². The maximum atomic E-state index is 5.04. The molecule has 2 nitrogen and oxygen atoms in total. The van der Waals surface area contributed by atoms with Crippen molar-refractivity contribution in [1.29, 1.82) is 0 Å². The van der Waals surface area contributed by atoms with Crippen LogP contribution in [0.4, 0.5) is 0 Å². The molecule has 0 aromatic carbocycles. The highest BCUT2D eigenvalue weighted by molar-refractivity contribution is 7.71. The molecule has 0 aliphatic heterocycles. The Balaban J connectivity index is 2.41. The Morgan fingerprint density at radius 1 is 1.25 bits per heavy atom. The number of aromatic amines is 2. The third-order valence-electron chi connectivity index (χ3n) is 2.60. The number of aromatic nitrogens is 2. The topological polar surface area (TPSA) is 31.6 Å². The van der Waals surface area contributed by atoms with E-state index in [1.807, 2.05) is 0 Å². The Morgan fingerprint density at radius 2 is 1.92 bits per heavy atom. The molecule has 0 radical (unpaired) electrons. The van der Waals surface area contributed by atoms with Crippen molar-refractivity contribution in [2.45, 2.75) is 33.1 Å². The molecule has 2 N–H and O–H groups in total. The van der Waals surface area contributed by atoms with E-state index in [0.717, 1.165) is 17.6 Å². The van der Waals surface area contributed by atoms with Gasteiger partial charge in [0.05, 0.1) is 0 Å². The van der Waals surface area contributed by atoms with Crippen molar-refractivity contribution in [2.75, 3.05) is 0 Å². The number of aryl methyl sites for hydroxylation is 1. The van der Waals surface area contributed by atoms with Gasteiger partial charge in [-0.1, -0.05) is 13.8 Å². The third kappa shape index (κ3) is 1.33. The van der Waals surface area contributed by atoms with Gasteiger partial charge in [-0.05, 0) is 36.9 Å². The molecule has 0 bridgehead atoms. The summed E-state index contributed by atoms with van der Waals surface area (Å²) in [6, 6.07) is 0. The van der Waals surface area contributed by atoms with Crippen LogP contribution in [0.3, 0.4) is 0 Å². The molecular weight excluding hydrogens is 168 g/mol. The summed E-state index contributed by atoms with van der Waals surface area (Å²) in [7, 11) is 0. The first-order valence-corrected chi connectivity index (χ1v) is 4.78. The SMILES string of the molecule is CC1(C)CCc2[nH]c(=S)[nH]c2C1. The minimum Gasteiger partial charge on any atom is -0.334 e. The zero-order chi connectivity index (χ0) is 8.77. The van der Waals surface area contributed by atoms with Crippen molar-refractivity contribution in [3.63, 3.8) is 0 Å². The van der Waals surface area contributed by atoms with Gasteiger partial charge in [0.15, 0.2) is 4.77 Å². The monoisotopic (exact) mass is 182 g/mol. The number of fused-ring (bicyclic) bond motifs is 1. The van der Waals surface area contributed by atoms with Gasteiger partial charge in [0.1, 0.15) is 0 Å². The Hall–Kier alpha value is -0.570. The molecule has 1 aromatic heterocycles. The lowest BCUT2D eigenvalue weighted by atomic mass is 9.78. The van der Waals surface area contributed by atoms with Crippen LogP contribution >= 0.6 is 12.2 Å². The van der Waals surface area contributed by atoms with Crippen LogP contribution in [0.15, 0.2) is 0 Å². The van der Waals surface area contributed by atoms with E-state index in [1.54, 1.807) is 0 Å². The lowest BCUT2D eigenvalue weighted by Crippen LogP contribution is -2.21. The molecule has 0 saturated carbocycles. The lowest BCUT2D eigenvalue weighted by molar-refractivity contribution is 0.310. The molecule has 2 rings (SSSR count). The van der Waals surface area contributed by atoms with Crippen LogP contribution in [-0.4, -0.2) is 9.97 Å². The summed E-state index contributed by atoms with van der Waals surface area (Å²) in [5.41, 5.74) is 3.07. The summed E-state index contributed by atoms with van der Waals surface area (Å²) in [4.78, 5) is 6.40. The van der Waals surface area contributed by atoms with E-state index >= 15 is 0 Å². The predicted molar refractivity (Wildman–Crippen MR) is 51.8 cm³/mol. The van der Waals surface area contributed by atoms with Crippen molar-refractivity contribution >= 4 is 12.2 Å². The molecule has 3 heteroatoms. The molecule has 1 aliphatic rings. The van der Waals surface area contributed by atoms with E-state index in [0.29, 0.717) is 5.41 Å². The molecule has 0 saturated heterocycles. The molecule has 1 aromatic rings. The van der Waals surface area contributed by atoms with Gasteiger partial charge in [0.25, 0.3) is 0 Å². The van der Waals surface area contributed by atoms with E-state index < -0.39 is 0 Å². The molecule has 0 amide bonds. The maximum absolute atomic E-state index is 5.04. The van der Waals surface area contributed by atoms with Gasteiger partial charge in [0.2, 0.25) is 0 Å². The fourth-order valence-corrected chi connectivity index (χ4v) is 2.10. The van der Waals surface area contributed by atoms with Crippen LogP contribution < -0.4 is 0 Å². The number of nitrogens with one attached hydrogen (secondary N) is 2. The van der Waals surface area contributed by atoms with Crippen LogP contribution in [0.2, 0.25) is 0 Å². The fourth-order valence-electron chi connectivity index (χ4n) is 1.85. The Bertz CT molecular complexity index is 346. The number of H-pyrrole nitrogens is 2. The third-order valence-corrected chi connectivity index (χ3v) is 2.80. The van der Waals surface area contributed by atoms with Gasteiger partial charge >= 0.3 is 0 Å². The van der Waals surface area contributed by atoms with Crippen LogP contribution in [0.5, 0.6) is 0 Å². The number of rotatable bonds is 0. The van der Waals surface area contributed by atoms with Crippen LogP contribution in [-0.2, 0) is 12.8 Å². The highest BCUT2D eigenvalue weighted by Crippen LogP contribution is 2.32. The number of imidazole rings is 1. The number of hydrogen-bond acceptors (Lipinski definition) is 1. The van der Waals surface area contributed by atoms with Gasteiger partial charge in [0, 0.05) is 11.4 Å². The molecule has 66 valence electrons. The van der Waals surface area contributed by atoms with Crippen molar-refractivity contribution < 1.29 is 0 Å². The summed E-state index contributed by atoms with van der Waals surface area (Å²) in [5.74, 6) is 0. The smallest absolute Gasteiger partial charge is 0.174 e. The van der Waals surface area contributed by atoms with Crippen LogP contribution in [0.1, 0.15) is 31.7 Å². The quantitative estimate of drug-likeness (QED) is 0.594. The summed E-state index contributed by atoms with van der Waals surface area (Å²) in [6.45, 7) is 4.61. The van der Waals surface area contributed by atoms with Crippen LogP contribution in [0, 0.1) is 10.2 Å². The molecule has 0 fully saturated rings. The minimum atomic E-state index is 0.438.